The fourth-order valence-corrected chi connectivity index (χ4v) is 7.66. The molecule has 0 radical (unpaired) electrons. The molecule has 0 fully saturated rings. The SMILES string of the molecule is CCCC[C](=[Zr+2])CCCC.Cc1ccccc1-c1cc2[cH-]c3cc(-c4ccccc4C)c(C(C)(C)C)cc3c2cc1C(C)(C)C.[C-]1=CC=CC1.[Cl-].[Cl-]. The predicted octanol–water partition coefficient (Wildman–Crippen LogP) is 8.66. The van der Waals surface area contributed by atoms with Crippen LogP contribution in [-0.4, -0.2) is 3.21 Å². The quantitative estimate of drug-likeness (QED) is 0.138. The van der Waals surface area contributed by atoms with E-state index < -0.39 is 0 Å². The summed E-state index contributed by atoms with van der Waals surface area (Å²) in [7, 11) is 0. The zero-order chi connectivity index (χ0) is 36.5. The Morgan fingerprint density at radius 2 is 1.08 bits per heavy atom. The number of halogens is 2. The minimum atomic E-state index is 0. The van der Waals surface area contributed by atoms with Crippen molar-refractivity contribution in [3.63, 3.8) is 0 Å². The van der Waals surface area contributed by atoms with Crippen LogP contribution in [0.15, 0.2) is 97.1 Å². The molecule has 3 heteroatoms. The third-order valence-electron chi connectivity index (χ3n) is 9.72. The Bertz CT molecular complexity index is 1820. The van der Waals surface area contributed by atoms with E-state index in [0.717, 1.165) is 6.42 Å². The first-order valence-corrected chi connectivity index (χ1v) is 20.1. The van der Waals surface area contributed by atoms with Gasteiger partial charge in [-0.05, 0) is 69.2 Å². The molecule has 1 aliphatic carbocycles. The van der Waals surface area contributed by atoms with E-state index in [1.165, 1.54) is 105 Å². The average molecular weight is 811 g/mol. The number of hydrogen-bond donors (Lipinski definition) is 0. The van der Waals surface area contributed by atoms with Gasteiger partial charge in [0.2, 0.25) is 0 Å². The van der Waals surface area contributed by atoms with Gasteiger partial charge in [0.25, 0.3) is 0 Å². The second kappa shape index (κ2) is 20.9. The standard InChI is InChI=1S/C35H37.C9H18.C5H5.2ClH.Zr/c1-22-13-9-11-15-26(22)30-18-24-17-25-19-31(27-16-12-10-14-23(27)2)33(35(6,7)8)21-29(25)28(24)20-32(30)34(3,4)5;1-3-5-7-9-8-6-4-2;1-2-4-5-3-1;;;/h9-21H,1-8H3;3-8H2,1-2H3;1-3H,4H2;2*1H;/q-1;;-1;;;+2/p-2. The van der Waals surface area contributed by atoms with Crippen LogP contribution in [0.3, 0.4) is 0 Å². The van der Waals surface area contributed by atoms with Crippen LogP contribution in [0.1, 0.15) is 123 Å². The normalized spacial score (nSPS) is 12.1. The van der Waals surface area contributed by atoms with Gasteiger partial charge in [-0.2, -0.15) is 6.08 Å². The molecule has 0 nitrogen and oxygen atoms in total. The number of fused-ring (bicyclic) bond motifs is 3. The maximum atomic E-state index is 2.99. The molecule has 0 unspecified atom stereocenters. The first kappa shape index (κ1) is 45.7. The van der Waals surface area contributed by atoms with Crippen LogP contribution in [0, 0.1) is 19.9 Å². The van der Waals surface area contributed by atoms with Crippen molar-refractivity contribution < 1.29 is 49.0 Å². The van der Waals surface area contributed by atoms with Crippen molar-refractivity contribution in [1.29, 1.82) is 0 Å². The van der Waals surface area contributed by atoms with Crippen LogP contribution < -0.4 is 24.8 Å². The number of rotatable bonds is 8. The van der Waals surface area contributed by atoms with Gasteiger partial charge in [-0.1, -0.05) is 102 Å². The van der Waals surface area contributed by atoms with Gasteiger partial charge in [0.05, 0.1) is 0 Å². The van der Waals surface area contributed by atoms with E-state index in [4.69, 9.17) is 0 Å². The molecule has 0 saturated heterocycles. The van der Waals surface area contributed by atoms with Crippen LogP contribution in [0.4, 0.5) is 0 Å². The summed E-state index contributed by atoms with van der Waals surface area (Å²) in [6, 6.07) is 29.8. The van der Waals surface area contributed by atoms with E-state index in [1.807, 2.05) is 12.2 Å². The third kappa shape index (κ3) is 12.0. The summed E-state index contributed by atoms with van der Waals surface area (Å²) in [6.45, 7) is 23.0. The first-order valence-electron chi connectivity index (χ1n) is 18.9. The van der Waals surface area contributed by atoms with Crippen molar-refractivity contribution >= 4 is 24.8 Å². The van der Waals surface area contributed by atoms with Gasteiger partial charge >= 0.3 is 79.8 Å². The molecular weight excluding hydrogens is 751 g/mol. The van der Waals surface area contributed by atoms with Crippen molar-refractivity contribution in [1.82, 2.24) is 0 Å². The number of hydrogen-bond acceptors (Lipinski definition) is 0. The van der Waals surface area contributed by atoms with Crippen LogP contribution in [0.5, 0.6) is 0 Å². The van der Waals surface area contributed by atoms with Crippen LogP contribution in [0.25, 0.3) is 43.8 Å². The Morgan fingerprint density at radius 1 is 0.654 bits per heavy atom. The summed E-state index contributed by atoms with van der Waals surface area (Å²) >= 11 is 1.67. The Kier molecular flexibility index (Phi) is 18.3. The number of allylic oxidation sites excluding steroid dienone is 4. The molecular formula is C49H60Cl2Zr-2. The van der Waals surface area contributed by atoms with E-state index in [9.17, 15) is 0 Å². The molecule has 0 heterocycles. The van der Waals surface area contributed by atoms with Gasteiger partial charge in [-0.3, -0.25) is 6.08 Å². The molecule has 1 aliphatic rings. The van der Waals surface area contributed by atoms with Gasteiger partial charge in [-0.25, -0.2) is 12.2 Å². The van der Waals surface area contributed by atoms with E-state index >= 15 is 0 Å². The van der Waals surface area contributed by atoms with E-state index in [-0.39, 0.29) is 35.6 Å². The van der Waals surface area contributed by atoms with Crippen molar-refractivity contribution in [3.05, 3.63) is 125 Å². The van der Waals surface area contributed by atoms with Gasteiger partial charge in [0.1, 0.15) is 0 Å². The van der Waals surface area contributed by atoms with Crippen molar-refractivity contribution in [2.24, 2.45) is 0 Å². The Balaban J connectivity index is 0.000000462. The van der Waals surface area contributed by atoms with Crippen LogP contribution >= 0.6 is 0 Å². The fourth-order valence-electron chi connectivity index (χ4n) is 6.79. The van der Waals surface area contributed by atoms with Gasteiger partial charge in [-0.15, -0.1) is 46.2 Å². The first-order chi connectivity index (χ1) is 23.8. The van der Waals surface area contributed by atoms with Crippen molar-refractivity contribution in [2.45, 2.75) is 125 Å². The second-order valence-corrected chi connectivity index (χ2v) is 17.8. The molecule has 276 valence electrons. The molecule has 0 amide bonds. The largest absolute Gasteiger partial charge is 1.00 e. The number of unbranched alkanes of at least 4 members (excludes halogenated alkanes) is 2. The van der Waals surface area contributed by atoms with Crippen LogP contribution in [-0.2, 0) is 35.1 Å². The Hall–Kier alpha value is -2.44. The Labute approximate surface area is 344 Å². The summed E-state index contributed by atoms with van der Waals surface area (Å²) in [5.74, 6) is 0. The van der Waals surface area contributed by atoms with Gasteiger partial charge in [0, 0.05) is 0 Å². The molecule has 5 aromatic rings. The average Bonchev–Trinajstić information content (AvgIpc) is 3.77. The maximum Gasteiger partial charge on any atom is -0.0139 e. The molecule has 0 spiro atoms. The summed E-state index contributed by atoms with van der Waals surface area (Å²) in [4.78, 5) is 0. The minimum Gasteiger partial charge on any atom is -1.00 e. The molecule has 6 rings (SSSR count). The molecule has 0 aliphatic heterocycles. The van der Waals surface area contributed by atoms with E-state index in [1.54, 1.807) is 27.4 Å². The maximum absolute atomic E-state index is 2.99. The molecule has 0 aromatic heterocycles. The fraction of sp³-hybridized carbons (Fsp3) is 0.388. The van der Waals surface area contributed by atoms with E-state index in [0.29, 0.717) is 0 Å². The second-order valence-electron chi connectivity index (χ2n) is 16.1. The summed E-state index contributed by atoms with van der Waals surface area (Å²) in [5.41, 5.74) is 10.9. The monoisotopic (exact) mass is 808 g/mol. The number of benzene rings is 4. The van der Waals surface area contributed by atoms with Gasteiger partial charge < -0.3 is 24.8 Å². The van der Waals surface area contributed by atoms with Gasteiger partial charge in [0.15, 0.2) is 0 Å². The molecule has 5 aromatic carbocycles. The summed E-state index contributed by atoms with van der Waals surface area (Å²) in [6.07, 6.45) is 18.3. The predicted molar refractivity (Wildman–Crippen MR) is 220 cm³/mol. The molecule has 0 bridgehead atoms. The molecule has 0 atom stereocenters. The van der Waals surface area contributed by atoms with Crippen molar-refractivity contribution in [2.75, 3.05) is 0 Å². The topological polar surface area (TPSA) is 0 Å². The number of aryl methyl sites for hydroxylation is 2. The van der Waals surface area contributed by atoms with Crippen LogP contribution in [0.2, 0.25) is 0 Å². The zero-order valence-corrected chi connectivity index (χ0v) is 37.4. The Morgan fingerprint density at radius 3 is 1.38 bits per heavy atom. The van der Waals surface area contributed by atoms with Crippen molar-refractivity contribution in [3.8, 4) is 22.3 Å². The molecule has 0 N–H and O–H groups in total. The summed E-state index contributed by atoms with van der Waals surface area (Å²) < 4.78 is 1.79. The smallest absolute Gasteiger partial charge is 0.0139 e. The third-order valence-corrected chi connectivity index (χ3v) is 10.9. The molecule has 52 heavy (non-hydrogen) atoms. The molecule has 0 saturated carbocycles. The minimum absolute atomic E-state index is 0. The summed E-state index contributed by atoms with van der Waals surface area (Å²) in [5, 5.41) is 5.38. The zero-order valence-electron chi connectivity index (χ0n) is 33.4. The van der Waals surface area contributed by atoms with E-state index in [2.05, 4.69) is 160 Å².